The van der Waals surface area contributed by atoms with Crippen LogP contribution in [0.2, 0.25) is 0 Å². The van der Waals surface area contributed by atoms with Crippen molar-refractivity contribution < 1.29 is 9.59 Å². The van der Waals surface area contributed by atoms with Crippen molar-refractivity contribution in [3.63, 3.8) is 0 Å². The minimum absolute atomic E-state index is 0. The van der Waals surface area contributed by atoms with E-state index < -0.39 is 0 Å². The molecule has 4 aliphatic heterocycles. The highest BCUT2D eigenvalue weighted by Crippen LogP contribution is 2.39. The summed E-state index contributed by atoms with van der Waals surface area (Å²) in [4.78, 5) is 36.8. The second kappa shape index (κ2) is 10.1. The Hall–Kier alpha value is -1.64. The molecule has 3 N–H and O–H groups in total. The Balaban J connectivity index is 0.00000144. The fourth-order valence-corrected chi connectivity index (χ4v) is 5.81. The Morgan fingerprint density at radius 2 is 1.91 bits per heavy atom. The van der Waals surface area contributed by atoms with Crippen molar-refractivity contribution in [3.8, 4) is 0 Å². The van der Waals surface area contributed by atoms with Crippen molar-refractivity contribution in [2.75, 3.05) is 31.5 Å². The fourth-order valence-electron chi connectivity index (χ4n) is 5.81. The highest BCUT2D eigenvalue weighted by atomic mass is 35.5. The number of fused-ring (bicyclic) bond motifs is 5. The van der Waals surface area contributed by atoms with Crippen LogP contribution in [0.3, 0.4) is 0 Å². The van der Waals surface area contributed by atoms with Gasteiger partial charge in [0.15, 0.2) is 0 Å². The number of amides is 2. The molecule has 0 spiro atoms. The number of carbonyl (C=O) groups excluding carboxylic acids is 2. The van der Waals surface area contributed by atoms with E-state index in [1.54, 1.807) is 0 Å². The third kappa shape index (κ3) is 4.41. The molecule has 4 atom stereocenters. The van der Waals surface area contributed by atoms with Gasteiger partial charge >= 0.3 is 0 Å². The number of hydrogen-bond acceptors (Lipinski definition) is 6. The standard InChI is InChI=1S/C22H32N6O2.2ClH/c1-12(2)20-26-19-15(6-7-24-22(19)30)21(27-20)25-11-17-14-8-13(9-23-10-14)16-4-3-5-18(29)28(16)17;;/h12-14,16-17,23H,3-11H2,1-2H3,(H,24,30)(H,25,26,27);2*1H/t13-,14+,16+,17+;;/m1../s1. The molecule has 3 fully saturated rings. The van der Waals surface area contributed by atoms with E-state index in [1.807, 2.05) is 13.8 Å². The molecule has 32 heavy (non-hydrogen) atoms. The lowest BCUT2D eigenvalue weighted by atomic mass is 9.72. The van der Waals surface area contributed by atoms with E-state index in [4.69, 9.17) is 4.98 Å². The Morgan fingerprint density at radius 1 is 1.12 bits per heavy atom. The maximum Gasteiger partial charge on any atom is 0.270 e. The molecule has 178 valence electrons. The average Bonchev–Trinajstić information content (AvgIpc) is 2.74. The molecule has 0 aliphatic carbocycles. The highest BCUT2D eigenvalue weighted by molar-refractivity contribution is 5.96. The van der Waals surface area contributed by atoms with Crippen molar-refractivity contribution in [1.29, 1.82) is 0 Å². The number of rotatable bonds is 4. The molecule has 0 aromatic carbocycles. The van der Waals surface area contributed by atoms with E-state index in [0.29, 0.717) is 54.8 Å². The first-order chi connectivity index (χ1) is 14.5. The van der Waals surface area contributed by atoms with E-state index >= 15 is 0 Å². The molecule has 2 amide bonds. The van der Waals surface area contributed by atoms with Crippen molar-refractivity contribution >= 4 is 42.4 Å². The molecule has 5 rings (SSSR count). The van der Waals surface area contributed by atoms with Gasteiger partial charge in [-0.05, 0) is 44.1 Å². The summed E-state index contributed by atoms with van der Waals surface area (Å²) in [5.74, 6) is 2.81. The number of nitrogens with zero attached hydrogens (tertiary/aromatic N) is 3. The zero-order chi connectivity index (χ0) is 20.8. The maximum absolute atomic E-state index is 12.9. The van der Waals surface area contributed by atoms with Gasteiger partial charge in [0.05, 0.1) is 6.04 Å². The van der Waals surface area contributed by atoms with Crippen LogP contribution in [0.15, 0.2) is 0 Å². The van der Waals surface area contributed by atoms with Crippen molar-refractivity contribution in [1.82, 2.24) is 25.5 Å². The zero-order valence-electron chi connectivity index (χ0n) is 18.7. The third-order valence-electron chi connectivity index (χ3n) is 7.30. The lowest BCUT2D eigenvalue weighted by Crippen LogP contribution is -2.66. The molecule has 0 saturated carbocycles. The van der Waals surface area contributed by atoms with Crippen molar-refractivity contribution in [2.24, 2.45) is 11.8 Å². The largest absolute Gasteiger partial charge is 0.368 e. The first kappa shape index (κ1) is 25.0. The van der Waals surface area contributed by atoms with Crippen LogP contribution >= 0.6 is 24.8 Å². The van der Waals surface area contributed by atoms with Gasteiger partial charge in [-0.25, -0.2) is 9.97 Å². The number of piperidine rings is 3. The Labute approximate surface area is 201 Å². The van der Waals surface area contributed by atoms with Crippen LogP contribution in [0.25, 0.3) is 0 Å². The third-order valence-corrected chi connectivity index (χ3v) is 7.30. The molecular weight excluding hydrogens is 451 g/mol. The van der Waals surface area contributed by atoms with Crippen LogP contribution in [0, 0.1) is 11.8 Å². The Bertz CT molecular complexity index is 867. The topological polar surface area (TPSA) is 99.2 Å². The molecule has 1 aromatic rings. The number of nitrogens with one attached hydrogen (secondary N) is 3. The second-order valence-electron chi connectivity index (χ2n) is 9.54. The van der Waals surface area contributed by atoms with E-state index in [1.165, 1.54) is 6.42 Å². The normalized spacial score (nSPS) is 28.7. The molecule has 0 radical (unpaired) electrons. The van der Waals surface area contributed by atoms with Crippen molar-refractivity contribution in [2.45, 2.75) is 64.0 Å². The van der Waals surface area contributed by atoms with Crippen molar-refractivity contribution in [3.05, 3.63) is 17.1 Å². The molecule has 0 unspecified atom stereocenters. The van der Waals surface area contributed by atoms with E-state index in [0.717, 1.165) is 43.7 Å². The first-order valence-electron chi connectivity index (χ1n) is 11.5. The second-order valence-corrected chi connectivity index (χ2v) is 9.54. The molecule has 2 bridgehead atoms. The summed E-state index contributed by atoms with van der Waals surface area (Å²) in [6.07, 6.45) is 4.70. The quantitative estimate of drug-likeness (QED) is 0.605. The van der Waals surface area contributed by atoms with E-state index in [9.17, 15) is 9.59 Å². The molecule has 10 heteroatoms. The van der Waals surface area contributed by atoms with Gasteiger partial charge < -0.3 is 20.9 Å². The molecular formula is C22H34Cl2N6O2. The summed E-state index contributed by atoms with van der Waals surface area (Å²) in [7, 11) is 0. The zero-order valence-corrected chi connectivity index (χ0v) is 20.4. The maximum atomic E-state index is 12.9. The number of halogens is 2. The van der Waals surface area contributed by atoms with Crippen LogP contribution in [0.1, 0.15) is 67.3 Å². The summed E-state index contributed by atoms with van der Waals surface area (Å²) in [6, 6.07) is 0.524. The molecule has 8 nitrogen and oxygen atoms in total. The smallest absolute Gasteiger partial charge is 0.270 e. The SMILES string of the molecule is CC(C)c1nc(NC[C@H]2[C@@H]3CNC[C@@H](C3)[C@@H]3CCCC(=O)N32)c2c(n1)C(=O)NCC2.Cl.Cl. The average molecular weight is 485 g/mol. The molecule has 5 heterocycles. The highest BCUT2D eigenvalue weighted by Gasteiger charge is 2.47. The Kier molecular flexibility index (Phi) is 7.89. The van der Waals surface area contributed by atoms with Crippen LogP contribution in [0.5, 0.6) is 0 Å². The van der Waals surface area contributed by atoms with Gasteiger partial charge in [0.25, 0.3) is 5.91 Å². The monoisotopic (exact) mass is 484 g/mol. The minimum Gasteiger partial charge on any atom is -0.368 e. The van der Waals surface area contributed by atoms with Gasteiger partial charge in [-0.2, -0.15) is 0 Å². The van der Waals surface area contributed by atoms with Gasteiger partial charge in [-0.3, -0.25) is 9.59 Å². The Morgan fingerprint density at radius 3 is 2.69 bits per heavy atom. The fraction of sp³-hybridized carbons (Fsp3) is 0.727. The lowest BCUT2D eigenvalue weighted by Gasteiger charge is -2.54. The molecule has 4 aliphatic rings. The summed E-state index contributed by atoms with van der Waals surface area (Å²) in [6.45, 7) is 7.34. The van der Waals surface area contributed by atoms with Crippen LogP contribution < -0.4 is 16.0 Å². The summed E-state index contributed by atoms with van der Waals surface area (Å²) in [5, 5.41) is 10.1. The number of anilines is 1. The van der Waals surface area contributed by atoms with Crippen LogP contribution in [0.4, 0.5) is 5.82 Å². The summed E-state index contributed by atoms with van der Waals surface area (Å²) < 4.78 is 0. The van der Waals surface area contributed by atoms with Crippen LogP contribution in [-0.2, 0) is 11.2 Å². The van der Waals surface area contributed by atoms with E-state index in [2.05, 4.69) is 25.8 Å². The minimum atomic E-state index is -0.119. The van der Waals surface area contributed by atoms with Gasteiger partial charge in [0.1, 0.15) is 17.3 Å². The summed E-state index contributed by atoms with van der Waals surface area (Å²) >= 11 is 0. The summed E-state index contributed by atoms with van der Waals surface area (Å²) in [5.41, 5.74) is 1.40. The van der Waals surface area contributed by atoms with Gasteiger partial charge in [-0.15, -0.1) is 24.8 Å². The molecule has 1 aromatic heterocycles. The number of hydrogen-bond donors (Lipinski definition) is 3. The molecule has 3 saturated heterocycles. The van der Waals surface area contributed by atoms with Crippen LogP contribution in [-0.4, -0.2) is 64.9 Å². The lowest BCUT2D eigenvalue weighted by molar-refractivity contribution is -0.148. The van der Waals surface area contributed by atoms with E-state index in [-0.39, 0.29) is 42.7 Å². The number of carbonyl (C=O) groups is 2. The first-order valence-corrected chi connectivity index (χ1v) is 11.5. The predicted molar refractivity (Wildman–Crippen MR) is 128 cm³/mol. The van der Waals surface area contributed by atoms with Gasteiger partial charge in [0.2, 0.25) is 5.91 Å². The van der Waals surface area contributed by atoms with Gasteiger partial charge in [-0.1, -0.05) is 13.8 Å². The number of aromatic nitrogens is 2. The predicted octanol–water partition coefficient (Wildman–Crippen LogP) is 2.13. The van der Waals surface area contributed by atoms with Gasteiger partial charge in [0, 0.05) is 43.6 Å².